The van der Waals surface area contributed by atoms with Crippen LogP contribution < -0.4 is 0 Å². The summed E-state index contributed by atoms with van der Waals surface area (Å²) in [7, 11) is 0. The number of benzene rings is 1. The molecule has 0 saturated heterocycles. The fraction of sp³-hybridized carbons (Fsp3) is 0.467. The van der Waals surface area contributed by atoms with E-state index in [0.717, 1.165) is 36.2 Å². The molecule has 2 aromatic rings. The quantitative estimate of drug-likeness (QED) is 0.821. The molecule has 18 heavy (non-hydrogen) atoms. The molecule has 1 aromatic heterocycles. The van der Waals surface area contributed by atoms with E-state index in [2.05, 4.69) is 36.4 Å². The fourth-order valence-corrected chi connectivity index (χ4v) is 2.23. The predicted molar refractivity (Wildman–Crippen MR) is 73.3 cm³/mol. The van der Waals surface area contributed by atoms with Gasteiger partial charge >= 0.3 is 0 Å². The van der Waals surface area contributed by atoms with E-state index in [-0.39, 0.29) is 0 Å². The molecule has 0 radical (unpaired) electrons. The highest BCUT2D eigenvalue weighted by Gasteiger charge is 2.11. The van der Waals surface area contributed by atoms with Crippen LogP contribution in [0.1, 0.15) is 38.6 Å². The molecule has 3 nitrogen and oxygen atoms in total. The summed E-state index contributed by atoms with van der Waals surface area (Å²) >= 11 is 0. The van der Waals surface area contributed by atoms with Crippen molar-refractivity contribution < 1.29 is 0 Å². The lowest BCUT2D eigenvalue weighted by Crippen LogP contribution is -2.08. The van der Waals surface area contributed by atoms with Crippen molar-refractivity contribution in [3.8, 4) is 6.07 Å². The Kier molecular flexibility index (Phi) is 3.66. The van der Waals surface area contributed by atoms with Gasteiger partial charge in [0.2, 0.25) is 0 Å². The van der Waals surface area contributed by atoms with Gasteiger partial charge in [0, 0.05) is 13.0 Å². The van der Waals surface area contributed by atoms with Crippen molar-refractivity contribution in [3.63, 3.8) is 0 Å². The Bertz CT molecular complexity index is 588. The molecule has 0 N–H and O–H groups in total. The number of hydrogen-bond acceptors (Lipinski definition) is 2. The Morgan fingerprint density at radius 3 is 2.78 bits per heavy atom. The average Bonchev–Trinajstić information content (AvgIpc) is 2.66. The maximum absolute atomic E-state index is 8.94. The minimum absolute atomic E-state index is 0.591. The normalized spacial score (nSPS) is 11.1. The lowest BCUT2D eigenvalue weighted by atomic mass is 10.2. The zero-order valence-corrected chi connectivity index (χ0v) is 11.3. The van der Waals surface area contributed by atoms with Crippen molar-refractivity contribution >= 4 is 11.0 Å². The number of nitriles is 1. The van der Waals surface area contributed by atoms with Gasteiger partial charge < -0.3 is 4.57 Å². The summed E-state index contributed by atoms with van der Waals surface area (Å²) in [6.07, 6.45) is 2.08. The van der Waals surface area contributed by atoms with Crippen molar-refractivity contribution in [1.82, 2.24) is 9.55 Å². The van der Waals surface area contributed by atoms with Gasteiger partial charge in [-0.25, -0.2) is 4.98 Å². The van der Waals surface area contributed by atoms with E-state index in [1.54, 1.807) is 0 Å². The minimum atomic E-state index is 0.591. The highest BCUT2D eigenvalue weighted by atomic mass is 15.1. The third-order valence-electron chi connectivity index (χ3n) is 2.98. The van der Waals surface area contributed by atoms with Crippen LogP contribution in [0.5, 0.6) is 0 Å². The summed E-state index contributed by atoms with van der Waals surface area (Å²) < 4.78 is 2.30. The Balaban J connectivity index is 2.56. The monoisotopic (exact) mass is 241 g/mol. The first-order valence-corrected chi connectivity index (χ1v) is 6.55. The van der Waals surface area contributed by atoms with Crippen LogP contribution in [0.3, 0.4) is 0 Å². The Labute approximate surface area is 108 Å². The summed E-state index contributed by atoms with van der Waals surface area (Å²) in [5.74, 6) is 1.73. The second-order valence-corrected chi connectivity index (χ2v) is 5.10. The predicted octanol–water partition coefficient (Wildman–Crippen LogP) is 3.52. The second-order valence-electron chi connectivity index (χ2n) is 5.10. The minimum Gasteiger partial charge on any atom is -0.328 e. The van der Waals surface area contributed by atoms with Crippen molar-refractivity contribution in [2.75, 3.05) is 0 Å². The highest BCUT2D eigenvalue weighted by Crippen LogP contribution is 2.20. The standard InChI is InChI=1S/C15H19N3/c1-4-5-15-17-13-8-12(9-16)6-7-14(13)18(15)10-11(2)3/h6-8,11H,4-5,10H2,1-3H3. The second kappa shape index (κ2) is 5.22. The van der Waals surface area contributed by atoms with Crippen LogP contribution in [0.4, 0.5) is 0 Å². The van der Waals surface area contributed by atoms with Crippen molar-refractivity contribution in [3.05, 3.63) is 29.6 Å². The maximum atomic E-state index is 8.94. The van der Waals surface area contributed by atoms with Gasteiger partial charge in [-0.05, 0) is 30.5 Å². The summed E-state index contributed by atoms with van der Waals surface area (Å²) in [4.78, 5) is 4.68. The largest absolute Gasteiger partial charge is 0.328 e. The smallest absolute Gasteiger partial charge is 0.109 e. The topological polar surface area (TPSA) is 41.6 Å². The van der Waals surface area contributed by atoms with E-state index >= 15 is 0 Å². The molecular weight excluding hydrogens is 222 g/mol. The van der Waals surface area contributed by atoms with Crippen LogP contribution >= 0.6 is 0 Å². The van der Waals surface area contributed by atoms with Crippen molar-refractivity contribution in [2.45, 2.75) is 40.2 Å². The molecule has 0 atom stereocenters. The lowest BCUT2D eigenvalue weighted by molar-refractivity contribution is 0.515. The lowest BCUT2D eigenvalue weighted by Gasteiger charge is -2.11. The number of imidazole rings is 1. The van der Waals surface area contributed by atoms with Crippen molar-refractivity contribution in [2.24, 2.45) is 5.92 Å². The maximum Gasteiger partial charge on any atom is 0.109 e. The summed E-state index contributed by atoms with van der Waals surface area (Å²) in [6.45, 7) is 7.58. The Hall–Kier alpha value is -1.82. The molecule has 0 spiro atoms. The van der Waals surface area contributed by atoms with Crippen LogP contribution in [-0.4, -0.2) is 9.55 Å². The number of hydrogen-bond donors (Lipinski definition) is 0. The molecule has 0 amide bonds. The SMILES string of the molecule is CCCc1nc2cc(C#N)ccc2n1CC(C)C. The number of nitrogens with zero attached hydrogens (tertiary/aromatic N) is 3. The number of aromatic nitrogens is 2. The molecule has 0 fully saturated rings. The van der Waals surface area contributed by atoms with Gasteiger partial charge in [-0.2, -0.15) is 5.26 Å². The number of aryl methyl sites for hydroxylation is 1. The molecule has 0 bridgehead atoms. The van der Waals surface area contributed by atoms with Gasteiger partial charge in [-0.15, -0.1) is 0 Å². The summed E-state index contributed by atoms with van der Waals surface area (Å²) in [6, 6.07) is 7.94. The third-order valence-corrected chi connectivity index (χ3v) is 2.98. The highest BCUT2D eigenvalue weighted by molar-refractivity contribution is 5.77. The van der Waals surface area contributed by atoms with E-state index in [0.29, 0.717) is 11.5 Å². The van der Waals surface area contributed by atoms with Crippen LogP contribution in [-0.2, 0) is 13.0 Å². The molecule has 0 aliphatic rings. The van der Waals surface area contributed by atoms with Crippen LogP contribution in [0.25, 0.3) is 11.0 Å². The third kappa shape index (κ3) is 2.38. The van der Waals surface area contributed by atoms with Crippen LogP contribution in [0.2, 0.25) is 0 Å². The Morgan fingerprint density at radius 2 is 2.17 bits per heavy atom. The number of rotatable bonds is 4. The average molecular weight is 241 g/mol. The van der Waals surface area contributed by atoms with E-state index in [1.807, 2.05) is 18.2 Å². The van der Waals surface area contributed by atoms with Crippen LogP contribution in [0, 0.1) is 17.2 Å². The molecular formula is C15H19N3. The van der Waals surface area contributed by atoms with Gasteiger partial charge in [0.1, 0.15) is 5.82 Å². The summed E-state index contributed by atoms with van der Waals surface area (Å²) in [5, 5.41) is 8.94. The first-order valence-electron chi connectivity index (χ1n) is 6.55. The van der Waals surface area contributed by atoms with Gasteiger partial charge in [-0.3, -0.25) is 0 Å². The molecule has 0 saturated carbocycles. The Morgan fingerprint density at radius 1 is 1.39 bits per heavy atom. The number of fused-ring (bicyclic) bond motifs is 1. The zero-order chi connectivity index (χ0) is 13.1. The molecule has 0 unspecified atom stereocenters. The molecule has 1 heterocycles. The molecule has 94 valence electrons. The molecule has 3 heteroatoms. The van der Waals surface area contributed by atoms with Crippen LogP contribution in [0.15, 0.2) is 18.2 Å². The first-order chi connectivity index (χ1) is 8.65. The van der Waals surface area contributed by atoms with Crippen molar-refractivity contribution in [1.29, 1.82) is 5.26 Å². The molecule has 0 aliphatic carbocycles. The van der Waals surface area contributed by atoms with Gasteiger partial charge in [-0.1, -0.05) is 20.8 Å². The van der Waals surface area contributed by atoms with Gasteiger partial charge in [0.25, 0.3) is 0 Å². The van der Waals surface area contributed by atoms with E-state index in [9.17, 15) is 0 Å². The van der Waals surface area contributed by atoms with Gasteiger partial charge in [0.15, 0.2) is 0 Å². The summed E-state index contributed by atoms with van der Waals surface area (Å²) in [5.41, 5.74) is 2.77. The fourth-order valence-electron chi connectivity index (χ4n) is 2.23. The van der Waals surface area contributed by atoms with E-state index in [1.165, 1.54) is 0 Å². The molecule has 2 rings (SSSR count). The first kappa shape index (κ1) is 12.6. The van der Waals surface area contributed by atoms with E-state index < -0.39 is 0 Å². The molecule has 0 aliphatic heterocycles. The molecule has 1 aromatic carbocycles. The van der Waals surface area contributed by atoms with Gasteiger partial charge in [0.05, 0.1) is 22.7 Å². The zero-order valence-electron chi connectivity index (χ0n) is 11.3. The van der Waals surface area contributed by atoms with E-state index in [4.69, 9.17) is 5.26 Å².